The number of aromatic amines is 1. The van der Waals surface area contributed by atoms with Crippen LogP contribution in [0.1, 0.15) is 0 Å². The number of aromatic nitrogens is 5. The van der Waals surface area contributed by atoms with Crippen molar-refractivity contribution < 1.29 is 0 Å². The fraction of sp³-hybridized carbons (Fsp3) is 0. The van der Waals surface area contributed by atoms with Crippen molar-refractivity contribution in [3.63, 3.8) is 0 Å². The quantitative estimate of drug-likeness (QED) is 0.614. The lowest BCUT2D eigenvalue weighted by Gasteiger charge is -2.05. The molecule has 0 saturated heterocycles. The molecule has 2 aromatic heterocycles. The Kier molecular flexibility index (Phi) is 3.12. The molecule has 2 aromatic carbocycles. The maximum absolute atomic E-state index is 11.9. The number of hydrogen-bond donors (Lipinski definition) is 1. The normalized spacial score (nSPS) is 10.8. The molecule has 2 heterocycles. The molecule has 0 fully saturated rings. The fourth-order valence-electron chi connectivity index (χ4n) is 2.36. The monoisotopic (exact) mass is 301 g/mol. The highest BCUT2D eigenvalue weighted by Crippen LogP contribution is 2.23. The first-order valence-electron chi connectivity index (χ1n) is 7.07. The van der Waals surface area contributed by atoms with E-state index in [1.54, 1.807) is 0 Å². The van der Waals surface area contributed by atoms with E-state index in [2.05, 4.69) is 25.4 Å². The molecule has 0 atom stereocenters. The highest BCUT2D eigenvalue weighted by Gasteiger charge is 2.13. The zero-order valence-electron chi connectivity index (χ0n) is 12.0. The summed E-state index contributed by atoms with van der Waals surface area (Å²) in [5.74, 6) is 0.461. The van der Waals surface area contributed by atoms with E-state index in [0.29, 0.717) is 17.0 Å². The van der Waals surface area contributed by atoms with Gasteiger partial charge >= 0.3 is 0 Å². The van der Waals surface area contributed by atoms with Crippen LogP contribution in [-0.2, 0) is 0 Å². The minimum Gasteiger partial charge on any atom is -0.265 e. The summed E-state index contributed by atoms with van der Waals surface area (Å²) in [7, 11) is 0. The SMILES string of the molecule is O=c1[nH]nc(-c2ccccc2)c2nc(-c3ccccc3)nnc12. The number of nitrogens with zero attached hydrogens (tertiary/aromatic N) is 4. The molecule has 4 aromatic rings. The van der Waals surface area contributed by atoms with Crippen LogP contribution in [0.4, 0.5) is 0 Å². The lowest BCUT2D eigenvalue weighted by atomic mass is 10.1. The highest BCUT2D eigenvalue weighted by atomic mass is 16.1. The van der Waals surface area contributed by atoms with Crippen molar-refractivity contribution >= 4 is 11.0 Å². The summed E-state index contributed by atoms with van der Waals surface area (Å²) in [5, 5.41) is 14.7. The first kappa shape index (κ1) is 13.3. The molecule has 0 radical (unpaired) electrons. The predicted octanol–water partition coefficient (Wildman–Crippen LogP) is 2.44. The van der Waals surface area contributed by atoms with Crippen LogP contribution in [-0.4, -0.2) is 25.4 Å². The van der Waals surface area contributed by atoms with Crippen LogP contribution in [0.2, 0.25) is 0 Å². The Morgan fingerprint density at radius 3 is 2.09 bits per heavy atom. The molecule has 110 valence electrons. The third-order valence-electron chi connectivity index (χ3n) is 3.47. The molecule has 0 unspecified atom stereocenters. The topological polar surface area (TPSA) is 84.4 Å². The highest BCUT2D eigenvalue weighted by molar-refractivity contribution is 5.88. The number of rotatable bonds is 2. The van der Waals surface area contributed by atoms with Crippen molar-refractivity contribution in [1.82, 2.24) is 25.4 Å². The Morgan fingerprint density at radius 2 is 1.39 bits per heavy atom. The Bertz CT molecular complexity index is 1030. The van der Waals surface area contributed by atoms with Gasteiger partial charge in [0.2, 0.25) is 0 Å². The molecule has 6 nitrogen and oxygen atoms in total. The van der Waals surface area contributed by atoms with E-state index in [4.69, 9.17) is 0 Å². The summed E-state index contributed by atoms with van der Waals surface area (Å²) < 4.78 is 0. The number of hydrogen-bond acceptors (Lipinski definition) is 5. The van der Waals surface area contributed by atoms with Gasteiger partial charge in [-0.05, 0) is 0 Å². The Balaban J connectivity index is 2.01. The van der Waals surface area contributed by atoms with E-state index in [-0.39, 0.29) is 5.52 Å². The number of nitrogens with one attached hydrogen (secondary N) is 1. The van der Waals surface area contributed by atoms with Crippen molar-refractivity contribution in [3.8, 4) is 22.6 Å². The van der Waals surface area contributed by atoms with Crippen molar-refractivity contribution in [2.45, 2.75) is 0 Å². The molecule has 0 aliphatic carbocycles. The van der Waals surface area contributed by atoms with Crippen molar-refractivity contribution in [3.05, 3.63) is 71.0 Å². The molecular weight excluding hydrogens is 290 g/mol. The molecule has 0 spiro atoms. The van der Waals surface area contributed by atoms with Gasteiger partial charge in [-0.15, -0.1) is 10.2 Å². The molecule has 6 heteroatoms. The third kappa shape index (κ3) is 2.36. The van der Waals surface area contributed by atoms with Crippen molar-refractivity contribution in [2.24, 2.45) is 0 Å². The van der Waals surface area contributed by atoms with E-state index < -0.39 is 5.56 Å². The summed E-state index contributed by atoms with van der Waals surface area (Å²) in [6, 6.07) is 19.0. The van der Waals surface area contributed by atoms with Gasteiger partial charge in [-0.25, -0.2) is 10.1 Å². The van der Waals surface area contributed by atoms with E-state index in [1.807, 2.05) is 60.7 Å². The fourth-order valence-corrected chi connectivity index (χ4v) is 2.36. The molecule has 23 heavy (non-hydrogen) atoms. The average molecular weight is 301 g/mol. The minimum absolute atomic E-state index is 0.179. The Labute approximate surface area is 130 Å². The van der Waals surface area contributed by atoms with Gasteiger partial charge in [0.15, 0.2) is 11.3 Å². The van der Waals surface area contributed by atoms with E-state index in [0.717, 1.165) is 11.1 Å². The van der Waals surface area contributed by atoms with Crippen LogP contribution >= 0.6 is 0 Å². The zero-order valence-corrected chi connectivity index (χ0v) is 12.0. The lowest BCUT2D eigenvalue weighted by Crippen LogP contribution is -2.13. The summed E-state index contributed by atoms with van der Waals surface area (Å²) in [5.41, 5.74) is 2.48. The maximum atomic E-state index is 11.9. The second-order valence-corrected chi connectivity index (χ2v) is 4.97. The molecule has 0 bridgehead atoms. The van der Waals surface area contributed by atoms with Gasteiger partial charge in [-0.2, -0.15) is 5.10 Å². The second-order valence-electron chi connectivity index (χ2n) is 4.97. The lowest BCUT2D eigenvalue weighted by molar-refractivity contribution is 0.963. The maximum Gasteiger partial charge on any atom is 0.294 e. The van der Waals surface area contributed by atoms with Crippen LogP contribution in [0.3, 0.4) is 0 Å². The van der Waals surface area contributed by atoms with E-state index in [9.17, 15) is 4.79 Å². The second kappa shape index (κ2) is 5.42. The van der Waals surface area contributed by atoms with Gasteiger partial charge in [0.1, 0.15) is 11.2 Å². The molecule has 0 saturated carbocycles. The Morgan fingerprint density at radius 1 is 0.739 bits per heavy atom. The first-order valence-corrected chi connectivity index (χ1v) is 7.07. The van der Waals surface area contributed by atoms with Gasteiger partial charge < -0.3 is 0 Å². The van der Waals surface area contributed by atoms with Crippen molar-refractivity contribution in [2.75, 3.05) is 0 Å². The molecule has 0 aliphatic rings. The van der Waals surface area contributed by atoms with Gasteiger partial charge in [0, 0.05) is 11.1 Å². The van der Waals surface area contributed by atoms with E-state index >= 15 is 0 Å². The molecule has 0 aliphatic heterocycles. The zero-order chi connectivity index (χ0) is 15.6. The van der Waals surface area contributed by atoms with Gasteiger partial charge in [0.25, 0.3) is 5.56 Å². The average Bonchev–Trinajstić information content (AvgIpc) is 2.63. The first-order chi connectivity index (χ1) is 11.3. The Hall–Kier alpha value is -3.41. The summed E-state index contributed by atoms with van der Waals surface area (Å²) in [6.07, 6.45) is 0. The number of H-pyrrole nitrogens is 1. The van der Waals surface area contributed by atoms with Gasteiger partial charge in [-0.1, -0.05) is 60.7 Å². The summed E-state index contributed by atoms with van der Waals surface area (Å²) in [6.45, 7) is 0. The van der Waals surface area contributed by atoms with Crippen LogP contribution in [0.25, 0.3) is 33.7 Å². The molecule has 1 N–H and O–H groups in total. The molecule has 4 rings (SSSR count). The van der Waals surface area contributed by atoms with Gasteiger partial charge in [-0.3, -0.25) is 4.79 Å². The van der Waals surface area contributed by atoms with E-state index in [1.165, 1.54) is 0 Å². The minimum atomic E-state index is -0.403. The van der Waals surface area contributed by atoms with Crippen LogP contribution in [0.15, 0.2) is 65.5 Å². The molecule has 0 amide bonds. The largest absolute Gasteiger partial charge is 0.294 e. The number of benzene rings is 2. The summed E-state index contributed by atoms with van der Waals surface area (Å²) in [4.78, 5) is 16.5. The van der Waals surface area contributed by atoms with Gasteiger partial charge in [0.05, 0.1) is 0 Å². The third-order valence-corrected chi connectivity index (χ3v) is 3.47. The predicted molar refractivity (Wildman–Crippen MR) is 86.6 cm³/mol. The van der Waals surface area contributed by atoms with Crippen LogP contribution < -0.4 is 5.56 Å². The smallest absolute Gasteiger partial charge is 0.265 e. The number of fused-ring (bicyclic) bond motifs is 1. The molecular formula is C17H11N5O. The summed E-state index contributed by atoms with van der Waals surface area (Å²) >= 11 is 0. The van der Waals surface area contributed by atoms with Crippen LogP contribution in [0, 0.1) is 0 Å². The van der Waals surface area contributed by atoms with Crippen LogP contribution in [0.5, 0.6) is 0 Å². The van der Waals surface area contributed by atoms with Crippen molar-refractivity contribution in [1.29, 1.82) is 0 Å². The standard InChI is InChI=1S/C17H11N5O/c23-17-15-14(13(19-22-17)11-7-3-1-4-8-11)18-16(21-20-15)12-9-5-2-6-10-12/h1-10H,(H,22,23).